The highest BCUT2D eigenvalue weighted by atomic mass is 15.0. The van der Waals surface area contributed by atoms with E-state index in [1.807, 2.05) is 66.9 Å². The summed E-state index contributed by atoms with van der Waals surface area (Å²) in [5, 5.41) is 2.28. The average Bonchev–Trinajstić information content (AvgIpc) is 3.44. The first-order valence-electron chi connectivity index (χ1n) is 13.8. The van der Waals surface area contributed by atoms with E-state index in [4.69, 9.17) is 19.9 Å². The van der Waals surface area contributed by atoms with E-state index in [0.29, 0.717) is 17.5 Å². The molecule has 8 rings (SSSR count). The van der Waals surface area contributed by atoms with Gasteiger partial charge >= 0.3 is 0 Å². The van der Waals surface area contributed by atoms with Gasteiger partial charge in [-0.1, -0.05) is 109 Å². The van der Waals surface area contributed by atoms with E-state index in [1.54, 1.807) is 0 Å². The zero-order valence-corrected chi connectivity index (χ0v) is 22.2. The molecule has 0 bridgehead atoms. The SMILES string of the molecule is c1ccc(-c2nc(-c3ccccc3)nc(-c3ccc4cc(-c5nccc6c5Cc5ccccc5-6)ccc4c3)n2)cc1. The zero-order valence-electron chi connectivity index (χ0n) is 22.2. The first kappa shape index (κ1) is 23.4. The number of pyridine rings is 1. The smallest absolute Gasteiger partial charge is 0.164 e. The first-order chi connectivity index (χ1) is 20.3. The van der Waals surface area contributed by atoms with Crippen molar-refractivity contribution in [1.29, 1.82) is 0 Å². The lowest BCUT2D eigenvalue weighted by Crippen LogP contribution is -2.00. The van der Waals surface area contributed by atoms with Gasteiger partial charge in [-0.15, -0.1) is 0 Å². The fraction of sp³-hybridized carbons (Fsp3) is 0.0270. The maximum Gasteiger partial charge on any atom is 0.164 e. The summed E-state index contributed by atoms with van der Waals surface area (Å²) in [5.74, 6) is 1.98. The number of nitrogens with zero attached hydrogens (tertiary/aromatic N) is 4. The van der Waals surface area contributed by atoms with Crippen LogP contribution in [0, 0.1) is 0 Å². The number of rotatable bonds is 4. The number of fused-ring (bicyclic) bond motifs is 4. The molecule has 7 aromatic rings. The van der Waals surface area contributed by atoms with Gasteiger partial charge in [-0.25, -0.2) is 15.0 Å². The van der Waals surface area contributed by atoms with E-state index in [0.717, 1.165) is 45.1 Å². The number of hydrogen-bond donors (Lipinski definition) is 0. The third kappa shape index (κ3) is 4.17. The summed E-state index contributed by atoms with van der Waals surface area (Å²) in [5.41, 5.74) is 10.3. The van der Waals surface area contributed by atoms with Gasteiger partial charge in [0.1, 0.15) is 0 Å². The zero-order chi connectivity index (χ0) is 27.2. The van der Waals surface area contributed by atoms with Gasteiger partial charge in [0, 0.05) is 34.9 Å². The van der Waals surface area contributed by atoms with Crippen molar-refractivity contribution in [3.8, 4) is 56.5 Å². The molecule has 0 amide bonds. The molecule has 2 heterocycles. The molecular weight excluding hydrogens is 500 g/mol. The Bertz CT molecular complexity index is 2010. The van der Waals surface area contributed by atoms with E-state index in [-0.39, 0.29) is 0 Å². The minimum absolute atomic E-state index is 0.656. The van der Waals surface area contributed by atoms with Crippen LogP contribution in [0.5, 0.6) is 0 Å². The van der Waals surface area contributed by atoms with Gasteiger partial charge < -0.3 is 0 Å². The van der Waals surface area contributed by atoms with Gasteiger partial charge in [0.2, 0.25) is 0 Å². The minimum atomic E-state index is 0.656. The molecular formula is C37H24N4. The Morgan fingerprint density at radius 2 is 1.00 bits per heavy atom. The highest BCUT2D eigenvalue weighted by Gasteiger charge is 2.22. The van der Waals surface area contributed by atoms with Gasteiger partial charge in [-0.05, 0) is 51.2 Å². The molecule has 2 aromatic heterocycles. The molecule has 5 aromatic carbocycles. The number of aromatic nitrogens is 4. The Kier molecular flexibility index (Phi) is 5.49. The molecule has 0 saturated carbocycles. The molecule has 192 valence electrons. The van der Waals surface area contributed by atoms with E-state index in [9.17, 15) is 0 Å². The summed E-state index contributed by atoms with van der Waals surface area (Å²) in [4.78, 5) is 19.4. The normalized spacial score (nSPS) is 11.8. The van der Waals surface area contributed by atoms with Gasteiger partial charge in [0.25, 0.3) is 0 Å². The maximum atomic E-state index is 4.90. The van der Waals surface area contributed by atoms with E-state index < -0.39 is 0 Å². The molecule has 0 spiro atoms. The van der Waals surface area contributed by atoms with Crippen molar-refractivity contribution in [2.45, 2.75) is 6.42 Å². The van der Waals surface area contributed by atoms with Crippen LogP contribution in [-0.4, -0.2) is 19.9 Å². The van der Waals surface area contributed by atoms with E-state index in [1.165, 1.54) is 22.3 Å². The summed E-state index contributed by atoms with van der Waals surface area (Å²) in [7, 11) is 0. The van der Waals surface area contributed by atoms with Crippen LogP contribution in [-0.2, 0) is 6.42 Å². The molecule has 0 atom stereocenters. The summed E-state index contributed by atoms with van der Waals surface area (Å²) < 4.78 is 0. The summed E-state index contributed by atoms with van der Waals surface area (Å²) in [6.07, 6.45) is 2.84. The molecule has 0 N–H and O–H groups in total. The van der Waals surface area contributed by atoms with E-state index in [2.05, 4.69) is 66.7 Å². The van der Waals surface area contributed by atoms with Gasteiger partial charge in [0.15, 0.2) is 17.5 Å². The average molecular weight is 525 g/mol. The number of benzene rings is 5. The highest BCUT2D eigenvalue weighted by Crippen LogP contribution is 2.41. The lowest BCUT2D eigenvalue weighted by Gasteiger charge is -2.11. The molecule has 1 aliphatic rings. The van der Waals surface area contributed by atoms with Crippen molar-refractivity contribution in [2.75, 3.05) is 0 Å². The van der Waals surface area contributed by atoms with Crippen LogP contribution in [0.4, 0.5) is 0 Å². The van der Waals surface area contributed by atoms with Gasteiger partial charge in [0.05, 0.1) is 5.69 Å². The molecule has 41 heavy (non-hydrogen) atoms. The number of hydrogen-bond acceptors (Lipinski definition) is 4. The van der Waals surface area contributed by atoms with Crippen molar-refractivity contribution >= 4 is 10.8 Å². The second-order valence-corrected chi connectivity index (χ2v) is 10.3. The Hall–Kier alpha value is -5.48. The fourth-order valence-electron chi connectivity index (χ4n) is 5.77. The van der Waals surface area contributed by atoms with Crippen LogP contribution in [0.3, 0.4) is 0 Å². The molecule has 0 fully saturated rings. The van der Waals surface area contributed by atoms with Crippen molar-refractivity contribution in [3.05, 3.63) is 145 Å². The van der Waals surface area contributed by atoms with Crippen LogP contribution < -0.4 is 0 Å². The van der Waals surface area contributed by atoms with Crippen LogP contribution in [0.25, 0.3) is 67.3 Å². The first-order valence-corrected chi connectivity index (χ1v) is 13.8. The van der Waals surface area contributed by atoms with Crippen molar-refractivity contribution in [3.63, 3.8) is 0 Å². The molecule has 4 nitrogen and oxygen atoms in total. The quantitative estimate of drug-likeness (QED) is 0.231. The maximum absolute atomic E-state index is 4.90. The van der Waals surface area contributed by atoms with E-state index >= 15 is 0 Å². The molecule has 0 unspecified atom stereocenters. The van der Waals surface area contributed by atoms with Crippen LogP contribution in [0.1, 0.15) is 11.1 Å². The molecule has 4 heteroatoms. The monoisotopic (exact) mass is 524 g/mol. The fourth-order valence-corrected chi connectivity index (χ4v) is 5.77. The Morgan fingerprint density at radius 3 is 1.68 bits per heavy atom. The highest BCUT2D eigenvalue weighted by molar-refractivity contribution is 5.92. The predicted octanol–water partition coefficient (Wildman–Crippen LogP) is 8.66. The Labute approximate surface area is 238 Å². The Morgan fingerprint density at radius 1 is 0.439 bits per heavy atom. The lowest BCUT2D eigenvalue weighted by molar-refractivity contribution is 1.07. The van der Waals surface area contributed by atoms with Crippen molar-refractivity contribution in [1.82, 2.24) is 19.9 Å². The second kappa shape index (κ2) is 9.61. The van der Waals surface area contributed by atoms with Gasteiger partial charge in [-0.3, -0.25) is 4.98 Å². The van der Waals surface area contributed by atoms with Crippen molar-refractivity contribution < 1.29 is 0 Å². The third-order valence-corrected chi connectivity index (χ3v) is 7.80. The molecule has 0 radical (unpaired) electrons. The summed E-state index contributed by atoms with van der Waals surface area (Å²) in [6.45, 7) is 0. The summed E-state index contributed by atoms with van der Waals surface area (Å²) in [6, 6.07) is 43.9. The third-order valence-electron chi connectivity index (χ3n) is 7.80. The van der Waals surface area contributed by atoms with Gasteiger partial charge in [-0.2, -0.15) is 0 Å². The lowest BCUT2D eigenvalue weighted by atomic mass is 9.98. The predicted molar refractivity (Wildman–Crippen MR) is 165 cm³/mol. The standard InChI is InChI=1S/C37H24N4/c1-3-9-24(10-4-1)35-39-36(25-11-5-2-6-12-25)41-37(40-35)30-18-16-26-21-29(17-15-27(26)22-30)34-33-23-28-13-7-8-14-31(28)32(33)19-20-38-34/h1-22H,23H2. The molecule has 0 saturated heterocycles. The topological polar surface area (TPSA) is 51.6 Å². The molecule has 0 aliphatic heterocycles. The van der Waals surface area contributed by atoms with Crippen LogP contribution >= 0.6 is 0 Å². The molecule has 1 aliphatic carbocycles. The Balaban J connectivity index is 1.21. The van der Waals surface area contributed by atoms with Crippen LogP contribution in [0.2, 0.25) is 0 Å². The largest absolute Gasteiger partial charge is 0.256 e. The van der Waals surface area contributed by atoms with Crippen LogP contribution in [0.15, 0.2) is 134 Å². The van der Waals surface area contributed by atoms with Crippen molar-refractivity contribution in [2.24, 2.45) is 0 Å². The second-order valence-electron chi connectivity index (χ2n) is 10.3. The summed E-state index contributed by atoms with van der Waals surface area (Å²) >= 11 is 0. The minimum Gasteiger partial charge on any atom is -0.256 e.